The van der Waals surface area contributed by atoms with Crippen molar-refractivity contribution in [2.75, 3.05) is 6.54 Å². The number of nitrogens with zero attached hydrogens (tertiary/aromatic N) is 1. The Hall–Kier alpha value is -2.14. The number of carbonyl (C=O) groups excluding carboxylic acids is 2. The number of likely N-dealkylation sites (tertiary alicyclic amines) is 1. The number of hydrogen-bond donors (Lipinski definition) is 1. The summed E-state index contributed by atoms with van der Waals surface area (Å²) < 4.78 is 0. The van der Waals surface area contributed by atoms with E-state index in [9.17, 15) is 9.59 Å². The Morgan fingerprint density at radius 2 is 2.10 bits per heavy atom. The number of thiophene rings is 1. The molecule has 1 saturated heterocycles. The summed E-state index contributed by atoms with van der Waals surface area (Å²) in [6.07, 6.45) is 0.378. The molecule has 0 radical (unpaired) electrons. The summed E-state index contributed by atoms with van der Waals surface area (Å²) in [6, 6.07) is 11.6. The standard InChI is InChI=1S/C16H16N2O2S/c19-15-8-14(17-16(20)13-6-7-21-11-13)10-18(15)9-12-4-2-1-3-5-12/h1-7,11,14H,8-10H2,(H,17,20)/t14-/m0/s1. The third kappa shape index (κ3) is 3.31. The first-order valence-corrected chi connectivity index (χ1v) is 7.81. The maximum atomic E-state index is 12.0. The first-order valence-electron chi connectivity index (χ1n) is 6.87. The van der Waals surface area contributed by atoms with E-state index in [2.05, 4.69) is 5.32 Å². The van der Waals surface area contributed by atoms with Crippen molar-refractivity contribution in [2.24, 2.45) is 0 Å². The van der Waals surface area contributed by atoms with Gasteiger partial charge in [-0.2, -0.15) is 11.3 Å². The first kappa shape index (κ1) is 13.8. The van der Waals surface area contributed by atoms with Crippen molar-refractivity contribution in [3.63, 3.8) is 0 Å². The van der Waals surface area contributed by atoms with Crippen molar-refractivity contribution < 1.29 is 9.59 Å². The minimum Gasteiger partial charge on any atom is -0.347 e. The molecule has 1 atom stereocenters. The zero-order chi connectivity index (χ0) is 14.7. The van der Waals surface area contributed by atoms with Crippen molar-refractivity contribution in [3.8, 4) is 0 Å². The SMILES string of the molecule is O=C(N[C@H]1CC(=O)N(Cc2ccccc2)C1)c1ccsc1. The van der Waals surface area contributed by atoms with Crippen LogP contribution >= 0.6 is 11.3 Å². The highest BCUT2D eigenvalue weighted by Gasteiger charge is 2.30. The monoisotopic (exact) mass is 300 g/mol. The molecule has 0 saturated carbocycles. The van der Waals surface area contributed by atoms with Crippen molar-refractivity contribution >= 4 is 23.2 Å². The molecule has 3 rings (SSSR count). The van der Waals surface area contributed by atoms with Gasteiger partial charge in [0.25, 0.3) is 5.91 Å². The van der Waals surface area contributed by atoms with E-state index in [-0.39, 0.29) is 17.9 Å². The Kier molecular flexibility index (Phi) is 4.01. The molecule has 4 nitrogen and oxygen atoms in total. The molecule has 21 heavy (non-hydrogen) atoms. The zero-order valence-corrected chi connectivity index (χ0v) is 12.3. The van der Waals surface area contributed by atoms with Gasteiger partial charge in [-0.05, 0) is 17.0 Å². The maximum absolute atomic E-state index is 12.0. The van der Waals surface area contributed by atoms with E-state index < -0.39 is 0 Å². The van der Waals surface area contributed by atoms with E-state index >= 15 is 0 Å². The first-order chi connectivity index (χ1) is 10.2. The number of benzene rings is 1. The molecule has 1 aromatic carbocycles. The van der Waals surface area contributed by atoms with Gasteiger partial charge in [0.05, 0.1) is 6.04 Å². The van der Waals surface area contributed by atoms with Gasteiger partial charge in [0.1, 0.15) is 0 Å². The van der Waals surface area contributed by atoms with E-state index in [1.807, 2.05) is 41.1 Å². The fourth-order valence-electron chi connectivity index (χ4n) is 2.49. The molecule has 0 unspecified atom stereocenters. The molecule has 1 aliphatic rings. The molecule has 0 spiro atoms. The van der Waals surface area contributed by atoms with Crippen molar-refractivity contribution in [1.29, 1.82) is 0 Å². The Balaban J connectivity index is 1.58. The lowest BCUT2D eigenvalue weighted by molar-refractivity contribution is -0.128. The summed E-state index contributed by atoms with van der Waals surface area (Å²) in [5.41, 5.74) is 1.77. The summed E-state index contributed by atoms with van der Waals surface area (Å²) in [7, 11) is 0. The highest BCUT2D eigenvalue weighted by Crippen LogP contribution is 2.16. The lowest BCUT2D eigenvalue weighted by Crippen LogP contribution is -2.36. The second-order valence-corrected chi connectivity index (χ2v) is 5.93. The average Bonchev–Trinajstić information content (AvgIpc) is 3.11. The summed E-state index contributed by atoms with van der Waals surface area (Å²) in [5, 5.41) is 6.62. The van der Waals surface area contributed by atoms with Gasteiger partial charge in [-0.3, -0.25) is 9.59 Å². The minimum atomic E-state index is -0.103. The van der Waals surface area contributed by atoms with Gasteiger partial charge >= 0.3 is 0 Å². The van der Waals surface area contributed by atoms with Crippen LogP contribution in [0.25, 0.3) is 0 Å². The van der Waals surface area contributed by atoms with Gasteiger partial charge in [-0.15, -0.1) is 0 Å². The fraction of sp³-hybridized carbons (Fsp3) is 0.250. The molecule has 2 heterocycles. The van der Waals surface area contributed by atoms with E-state index in [0.29, 0.717) is 25.1 Å². The molecule has 0 aliphatic carbocycles. The second kappa shape index (κ2) is 6.10. The predicted molar refractivity (Wildman–Crippen MR) is 82.0 cm³/mol. The highest BCUT2D eigenvalue weighted by molar-refractivity contribution is 7.08. The summed E-state index contributed by atoms with van der Waals surface area (Å²) in [5.74, 6) is -0.00918. The third-order valence-electron chi connectivity index (χ3n) is 3.55. The number of amides is 2. The fourth-order valence-corrected chi connectivity index (χ4v) is 3.12. The molecular weight excluding hydrogens is 284 g/mol. The Morgan fingerprint density at radius 3 is 2.81 bits per heavy atom. The molecule has 5 heteroatoms. The smallest absolute Gasteiger partial charge is 0.252 e. The number of rotatable bonds is 4. The molecule has 2 aromatic rings. The third-order valence-corrected chi connectivity index (χ3v) is 4.23. The van der Waals surface area contributed by atoms with E-state index in [1.165, 1.54) is 11.3 Å². The largest absolute Gasteiger partial charge is 0.347 e. The van der Waals surface area contributed by atoms with E-state index in [1.54, 1.807) is 11.0 Å². The minimum absolute atomic E-state index is 0.0921. The second-order valence-electron chi connectivity index (χ2n) is 5.15. The van der Waals surface area contributed by atoms with Gasteiger partial charge < -0.3 is 10.2 Å². The number of nitrogens with one attached hydrogen (secondary N) is 1. The Morgan fingerprint density at radius 1 is 1.29 bits per heavy atom. The van der Waals surface area contributed by atoms with E-state index in [4.69, 9.17) is 0 Å². The molecular formula is C16H16N2O2S. The van der Waals surface area contributed by atoms with Crippen LogP contribution in [-0.4, -0.2) is 29.3 Å². The van der Waals surface area contributed by atoms with Crippen LogP contribution in [0, 0.1) is 0 Å². The summed E-state index contributed by atoms with van der Waals surface area (Å²) in [4.78, 5) is 25.8. The number of carbonyl (C=O) groups is 2. The average molecular weight is 300 g/mol. The maximum Gasteiger partial charge on any atom is 0.252 e. The van der Waals surface area contributed by atoms with Gasteiger partial charge in [0.15, 0.2) is 0 Å². The van der Waals surface area contributed by atoms with Crippen molar-refractivity contribution in [3.05, 3.63) is 58.3 Å². The topological polar surface area (TPSA) is 49.4 Å². The molecule has 1 aromatic heterocycles. The molecule has 1 fully saturated rings. The van der Waals surface area contributed by atoms with Crippen LogP contribution in [0.15, 0.2) is 47.2 Å². The van der Waals surface area contributed by atoms with Gasteiger partial charge in [0.2, 0.25) is 5.91 Å². The van der Waals surface area contributed by atoms with Gasteiger partial charge in [0, 0.05) is 30.5 Å². The molecule has 108 valence electrons. The lowest BCUT2D eigenvalue weighted by Gasteiger charge is -2.17. The van der Waals surface area contributed by atoms with Crippen LogP contribution in [0.1, 0.15) is 22.3 Å². The Bertz CT molecular complexity index is 625. The van der Waals surface area contributed by atoms with Gasteiger partial charge in [-0.25, -0.2) is 0 Å². The van der Waals surface area contributed by atoms with Crippen LogP contribution in [-0.2, 0) is 11.3 Å². The molecule has 0 bridgehead atoms. The Labute approximate surface area is 127 Å². The predicted octanol–water partition coefficient (Wildman–Crippen LogP) is 2.28. The number of hydrogen-bond acceptors (Lipinski definition) is 3. The van der Waals surface area contributed by atoms with Crippen LogP contribution in [0.5, 0.6) is 0 Å². The zero-order valence-electron chi connectivity index (χ0n) is 11.5. The quantitative estimate of drug-likeness (QED) is 0.942. The lowest BCUT2D eigenvalue weighted by atomic mass is 10.2. The summed E-state index contributed by atoms with van der Waals surface area (Å²) in [6.45, 7) is 1.17. The highest BCUT2D eigenvalue weighted by atomic mass is 32.1. The summed E-state index contributed by atoms with van der Waals surface area (Å²) >= 11 is 1.49. The van der Waals surface area contributed by atoms with Crippen LogP contribution in [0.4, 0.5) is 0 Å². The van der Waals surface area contributed by atoms with Gasteiger partial charge in [-0.1, -0.05) is 30.3 Å². The molecule has 1 N–H and O–H groups in total. The van der Waals surface area contributed by atoms with E-state index in [0.717, 1.165) is 5.56 Å². The molecule has 2 amide bonds. The van der Waals surface area contributed by atoms with Crippen molar-refractivity contribution in [2.45, 2.75) is 19.0 Å². The van der Waals surface area contributed by atoms with Crippen LogP contribution < -0.4 is 5.32 Å². The van der Waals surface area contributed by atoms with Crippen molar-refractivity contribution in [1.82, 2.24) is 10.2 Å². The molecule has 1 aliphatic heterocycles. The van der Waals surface area contributed by atoms with Crippen LogP contribution in [0.3, 0.4) is 0 Å². The van der Waals surface area contributed by atoms with Crippen LogP contribution in [0.2, 0.25) is 0 Å². The normalized spacial score (nSPS) is 18.0.